The fraction of sp³-hybridized carbons (Fsp3) is 0.200. The number of carbonyl (C=O) groups excluding carboxylic acids is 2. The van der Waals surface area contributed by atoms with Gasteiger partial charge in [0.1, 0.15) is 17.6 Å². The molecule has 0 fully saturated rings. The summed E-state index contributed by atoms with van der Waals surface area (Å²) in [5.41, 5.74) is 7.14. The molecule has 35 heavy (non-hydrogen) atoms. The third-order valence-electron chi connectivity index (χ3n) is 5.61. The number of hydrogen-bond acceptors (Lipinski definition) is 7. The molecular formula is C25H26N6O4. The number of ether oxygens (including phenoxy) is 1. The van der Waals surface area contributed by atoms with Gasteiger partial charge in [0.25, 0.3) is 11.8 Å². The van der Waals surface area contributed by atoms with Crippen molar-refractivity contribution in [3.05, 3.63) is 82.8 Å². The van der Waals surface area contributed by atoms with Crippen LogP contribution < -0.4 is 20.9 Å². The van der Waals surface area contributed by atoms with Crippen molar-refractivity contribution in [2.75, 3.05) is 19.5 Å². The average Bonchev–Trinajstić information content (AvgIpc) is 3.21. The summed E-state index contributed by atoms with van der Waals surface area (Å²) in [7, 11) is 2.98. The number of benzene rings is 2. The Morgan fingerprint density at radius 1 is 1.06 bits per heavy atom. The Bertz CT molecular complexity index is 1400. The number of rotatable bonds is 8. The van der Waals surface area contributed by atoms with Crippen molar-refractivity contribution < 1.29 is 19.2 Å². The lowest BCUT2D eigenvalue weighted by molar-refractivity contribution is 0.0537. The van der Waals surface area contributed by atoms with Crippen LogP contribution in [0.3, 0.4) is 0 Å². The fourth-order valence-corrected chi connectivity index (χ4v) is 3.72. The second kappa shape index (κ2) is 10.2. The molecule has 2 amide bonds. The largest absolute Gasteiger partial charge is 0.497 e. The lowest BCUT2D eigenvalue weighted by Crippen LogP contribution is -2.23. The number of nitrogens with one attached hydrogen (secondary N) is 3. The zero-order chi connectivity index (χ0) is 24.9. The summed E-state index contributed by atoms with van der Waals surface area (Å²) in [5.74, 6) is 0.651. The fourth-order valence-electron chi connectivity index (χ4n) is 3.72. The standard InChI is InChI=1S/C25H26N6O4/c1-15-8-9-18(24(32)30-35-4)11-21(15)29-23-22-16(2)20(13-31(22)28-14-27-23)25(33)26-12-17-6-5-7-19(10-17)34-3/h5-11,13-14H,12H2,1-4H3,(H,26,33)(H,30,32)(H,27,28,29). The number of aryl methyl sites for hydroxylation is 2. The van der Waals surface area contributed by atoms with E-state index in [9.17, 15) is 9.59 Å². The molecule has 3 N–H and O–H groups in total. The molecule has 0 atom stereocenters. The zero-order valence-electron chi connectivity index (χ0n) is 19.9. The third-order valence-corrected chi connectivity index (χ3v) is 5.61. The Kier molecular flexibility index (Phi) is 6.93. The van der Waals surface area contributed by atoms with Gasteiger partial charge in [0.05, 0.1) is 19.8 Å². The predicted molar refractivity (Wildman–Crippen MR) is 131 cm³/mol. The number of hydrogen-bond donors (Lipinski definition) is 3. The molecule has 0 spiro atoms. The minimum absolute atomic E-state index is 0.226. The first kappa shape index (κ1) is 23.7. The molecule has 0 aliphatic heterocycles. The van der Waals surface area contributed by atoms with Gasteiger partial charge in [0.2, 0.25) is 0 Å². The van der Waals surface area contributed by atoms with Crippen LogP contribution in [0.4, 0.5) is 11.5 Å². The van der Waals surface area contributed by atoms with E-state index in [0.29, 0.717) is 34.7 Å². The van der Waals surface area contributed by atoms with Gasteiger partial charge in [-0.3, -0.25) is 14.4 Å². The van der Waals surface area contributed by atoms with E-state index in [1.165, 1.54) is 13.4 Å². The monoisotopic (exact) mass is 474 g/mol. The molecule has 0 bridgehead atoms. The highest BCUT2D eigenvalue weighted by atomic mass is 16.6. The minimum atomic E-state index is -0.364. The first-order valence-corrected chi connectivity index (χ1v) is 10.9. The number of fused-ring (bicyclic) bond motifs is 1. The summed E-state index contributed by atoms with van der Waals surface area (Å²) in [5, 5.41) is 10.5. The SMILES string of the molecule is CONC(=O)c1ccc(C)c(Nc2ncnn3cc(C(=O)NCc4cccc(OC)c4)c(C)c23)c1. The molecule has 0 radical (unpaired) electrons. The smallest absolute Gasteiger partial charge is 0.274 e. The molecule has 4 rings (SSSR count). The molecule has 0 unspecified atom stereocenters. The Labute approximate surface area is 202 Å². The highest BCUT2D eigenvalue weighted by Gasteiger charge is 2.19. The van der Waals surface area contributed by atoms with Crippen LogP contribution in [0, 0.1) is 13.8 Å². The normalized spacial score (nSPS) is 10.7. The van der Waals surface area contributed by atoms with E-state index in [-0.39, 0.29) is 11.8 Å². The third kappa shape index (κ3) is 5.07. The number of methoxy groups -OCH3 is 1. The van der Waals surface area contributed by atoms with E-state index in [2.05, 4.69) is 26.2 Å². The average molecular weight is 475 g/mol. The van der Waals surface area contributed by atoms with Crippen LogP contribution in [-0.2, 0) is 11.4 Å². The first-order valence-electron chi connectivity index (χ1n) is 10.9. The van der Waals surface area contributed by atoms with Gasteiger partial charge in [0.15, 0.2) is 5.82 Å². The number of carbonyl (C=O) groups is 2. The number of anilines is 2. The Balaban J connectivity index is 1.60. The van der Waals surface area contributed by atoms with Gasteiger partial charge in [-0.05, 0) is 54.8 Å². The maximum Gasteiger partial charge on any atom is 0.274 e. The van der Waals surface area contributed by atoms with Crippen LogP contribution in [0.2, 0.25) is 0 Å². The minimum Gasteiger partial charge on any atom is -0.497 e. The molecule has 0 saturated heterocycles. The van der Waals surface area contributed by atoms with Crippen molar-refractivity contribution in [1.29, 1.82) is 0 Å². The van der Waals surface area contributed by atoms with Gasteiger partial charge >= 0.3 is 0 Å². The number of aromatic nitrogens is 3. The van der Waals surface area contributed by atoms with E-state index in [0.717, 1.165) is 22.4 Å². The van der Waals surface area contributed by atoms with E-state index < -0.39 is 0 Å². The summed E-state index contributed by atoms with van der Waals surface area (Å²) < 4.78 is 6.85. The summed E-state index contributed by atoms with van der Waals surface area (Å²) in [6.07, 6.45) is 3.08. The molecule has 10 nitrogen and oxygen atoms in total. The summed E-state index contributed by atoms with van der Waals surface area (Å²) >= 11 is 0. The molecule has 4 aromatic rings. The maximum absolute atomic E-state index is 13.0. The lowest BCUT2D eigenvalue weighted by Gasteiger charge is -2.12. The maximum atomic E-state index is 13.0. The molecule has 0 saturated carbocycles. The lowest BCUT2D eigenvalue weighted by atomic mass is 10.1. The molecule has 180 valence electrons. The number of hydroxylamine groups is 1. The van der Waals surface area contributed by atoms with Crippen molar-refractivity contribution in [1.82, 2.24) is 25.4 Å². The van der Waals surface area contributed by atoms with Crippen LogP contribution in [0.25, 0.3) is 5.52 Å². The highest BCUT2D eigenvalue weighted by molar-refractivity contribution is 5.99. The number of nitrogens with zero attached hydrogens (tertiary/aromatic N) is 3. The van der Waals surface area contributed by atoms with Gasteiger partial charge < -0.3 is 15.4 Å². The molecule has 2 heterocycles. The second-order valence-electron chi connectivity index (χ2n) is 7.89. The van der Waals surface area contributed by atoms with Gasteiger partial charge in [-0.15, -0.1) is 0 Å². The van der Waals surface area contributed by atoms with Crippen molar-refractivity contribution in [2.45, 2.75) is 20.4 Å². The van der Waals surface area contributed by atoms with Crippen LogP contribution in [0.5, 0.6) is 5.75 Å². The topological polar surface area (TPSA) is 119 Å². The summed E-state index contributed by atoms with van der Waals surface area (Å²) in [6, 6.07) is 12.8. The molecular weight excluding hydrogens is 448 g/mol. The van der Waals surface area contributed by atoms with Crippen LogP contribution in [-0.4, -0.2) is 40.6 Å². The Morgan fingerprint density at radius 2 is 1.89 bits per heavy atom. The van der Waals surface area contributed by atoms with E-state index in [1.807, 2.05) is 44.2 Å². The van der Waals surface area contributed by atoms with Crippen LogP contribution in [0.1, 0.15) is 37.4 Å². The zero-order valence-corrected chi connectivity index (χ0v) is 19.9. The van der Waals surface area contributed by atoms with E-state index >= 15 is 0 Å². The van der Waals surface area contributed by atoms with Crippen LogP contribution in [0.15, 0.2) is 55.0 Å². The van der Waals surface area contributed by atoms with Gasteiger partial charge in [-0.2, -0.15) is 5.10 Å². The van der Waals surface area contributed by atoms with Gasteiger partial charge in [-0.25, -0.2) is 15.0 Å². The van der Waals surface area contributed by atoms with E-state index in [1.54, 1.807) is 30.0 Å². The molecule has 0 aliphatic rings. The van der Waals surface area contributed by atoms with E-state index in [4.69, 9.17) is 9.57 Å². The molecule has 2 aromatic carbocycles. The van der Waals surface area contributed by atoms with Gasteiger partial charge in [0, 0.05) is 24.0 Å². The van der Waals surface area contributed by atoms with Crippen LogP contribution >= 0.6 is 0 Å². The number of amides is 2. The molecule has 2 aromatic heterocycles. The second-order valence-corrected chi connectivity index (χ2v) is 7.89. The quantitative estimate of drug-likeness (QED) is 0.335. The first-order chi connectivity index (χ1) is 16.9. The van der Waals surface area contributed by atoms with Crippen molar-refractivity contribution in [3.63, 3.8) is 0 Å². The summed E-state index contributed by atoms with van der Waals surface area (Å²) in [4.78, 5) is 34.3. The Hall–Kier alpha value is -4.44. The summed E-state index contributed by atoms with van der Waals surface area (Å²) in [6.45, 7) is 4.12. The van der Waals surface area contributed by atoms with Crippen molar-refractivity contribution in [2.24, 2.45) is 0 Å². The van der Waals surface area contributed by atoms with Gasteiger partial charge in [-0.1, -0.05) is 18.2 Å². The predicted octanol–water partition coefficient (Wildman–Crippen LogP) is 3.32. The van der Waals surface area contributed by atoms with Crippen molar-refractivity contribution in [3.8, 4) is 5.75 Å². The Morgan fingerprint density at radius 3 is 2.66 bits per heavy atom. The highest BCUT2D eigenvalue weighted by Crippen LogP contribution is 2.27. The van der Waals surface area contributed by atoms with Crippen molar-refractivity contribution >= 4 is 28.8 Å². The molecule has 0 aliphatic carbocycles. The molecule has 10 heteroatoms.